The van der Waals surface area contributed by atoms with Gasteiger partial charge in [0.05, 0.1) is 0 Å². The minimum Gasteiger partial charge on any atom is -0.302 e. The number of benzene rings is 2. The fraction of sp³-hybridized carbons (Fsp3) is 0.167. The number of carbonyl (C=O) groups is 1. The van der Waals surface area contributed by atoms with Crippen LogP contribution in [0, 0.1) is 0 Å². The van der Waals surface area contributed by atoms with Crippen molar-refractivity contribution in [3.8, 4) is 0 Å². The van der Waals surface area contributed by atoms with Gasteiger partial charge in [0.2, 0.25) is 5.82 Å². The van der Waals surface area contributed by atoms with Crippen LogP contribution >= 0.6 is 11.8 Å². The Morgan fingerprint density at radius 3 is 2.12 bits per heavy atom. The summed E-state index contributed by atoms with van der Waals surface area (Å²) in [7, 11) is 1.24. The zero-order chi connectivity index (χ0) is 18.7. The molecule has 0 radical (unpaired) electrons. The molecule has 0 amide bonds. The van der Waals surface area contributed by atoms with Crippen LogP contribution in [-0.4, -0.2) is 20.5 Å². The maximum absolute atomic E-state index is 13.0. The molecule has 8 heteroatoms. The maximum atomic E-state index is 13.0. The Balaban J connectivity index is 1.98. The first-order valence-corrected chi connectivity index (χ1v) is 8.53. The van der Waals surface area contributed by atoms with Gasteiger partial charge in [-0.1, -0.05) is 72.4 Å². The highest BCUT2D eigenvalue weighted by Crippen LogP contribution is 2.38. The number of Topliss-reactive ketones (excluding diaryl/α,β-unsaturated/α-hetero) is 1. The van der Waals surface area contributed by atoms with Crippen molar-refractivity contribution in [2.24, 2.45) is 7.05 Å². The summed E-state index contributed by atoms with van der Waals surface area (Å²) in [6.45, 7) is 0. The molecular weight excluding hydrogens is 363 g/mol. The highest BCUT2D eigenvalue weighted by Gasteiger charge is 2.38. The van der Waals surface area contributed by atoms with Gasteiger partial charge in [0.1, 0.15) is 5.25 Å². The molecule has 0 fully saturated rings. The molecule has 0 aliphatic rings. The van der Waals surface area contributed by atoms with E-state index in [1.807, 2.05) is 6.07 Å². The summed E-state index contributed by atoms with van der Waals surface area (Å²) in [6, 6.07) is 17.5. The van der Waals surface area contributed by atoms with E-state index in [2.05, 4.69) is 10.2 Å². The lowest BCUT2D eigenvalue weighted by molar-refractivity contribution is -0.147. The Kier molecular flexibility index (Phi) is 5.13. The van der Waals surface area contributed by atoms with Gasteiger partial charge in [-0.25, -0.2) is 0 Å². The zero-order valence-electron chi connectivity index (χ0n) is 13.6. The predicted molar refractivity (Wildman–Crippen MR) is 91.8 cm³/mol. The van der Waals surface area contributed by atoms with Crippen molar-refractivity contribution in [3.63, 3.8) is 0 Å². The van der Waals surface area contributed by atoms with E-state index in [0.29, 0.717) is 11.1 Å². The lowest BCUT2D eigenvalue weighted by Crippen LogP contribution is -2.14. The smallest absolute Gasteiger partial charge is 0.302 e. The summed E-state index contributed by atoms with van der Waals surface area (Å²) in [6.07, 6.45) is -4.60. The fourth-order valence-electron chi connectivity index (χ4n) is 2.42. The second-order valence-electron chi connectivity index (χ2n) is 5.50. The van der Waals surface area contributed by atoms with E-state index in [-0.39, 0.29) is 10.9 Å². The molecule has 0 saturated heterocycles. The molecule has 0 spiro atoms. The van der Waals surface area contributed by atoms with Gasteiger partial charge in [0.25, 0.3) is 0 Å². The summed E-state index contributed by atoms with van der Waals surface area (Å²) in [4.78, 5) is 13.0. The van der Waals surface area contributed by atoms with Gasteiger partial charge < -0.3 is 4.57 Å². The van der Waals surface area contributed by atoms with E-state index >= 15 is 0 Å². The molecule has 1 atom stereocenters. The number of rotatable bonds is 5. The first-order valence-electron chi connectivity index (χ1n) is 7.65. The Labute approximate surface area is 152 Å². The monoisotopic (exact) mass is 377 g/mol. The van der Waals surface area contributed by atoms with Crippen LogP contribution in [0.4, 0.5) is 13.2 Å². The van der Waals surface area contributed by atoms with Crippen LogP contribution in [0.25, 0.3) is 0 Å². The van der Waals surface area contributed by atoms with Crippen molar-refractivity contribution in [2.45, 2.75) is 16.6 Å². The molecule has 0 N–H and O–H groups in total. The summed E-state index contributed by atoms with van der Waals surface area (Å²) in [5.74, 6) is -1.31. The van der Waals surface area contributed by atoms with Crippen molar-refractivity contribution in [1.82, 2.24) is 14.8 Å². The maximum Gasteiger partial charge on any atom is 0.451 e. The number of carbonyl (C=O) groups excluding carboxylic acids is 1. The van der Waals surface area contributed by atoms with Gasteiger partial charge in [-0.15, -0.1) is 10.2 Å². The summed E-state index contributed by atoms with van der Waals surface area (Å²) in [5, 5.41) is 6.14. The van der Waals surface area contributed by atoms with E-state index in [0.717, 1.165) is 16.3 Å². The molecule has 2 aromatic carbocycles. The fourth-order valence-corrected chi connectivity index (χ4v) is 3.50. The number of ketones is 1. The number of hydrogen-bond acceptors (Lipinski definition) is 4. The molecule has 134 valence electrons. The SMILES string of the molecule is Cn1c(S[C@@H](C(=O)c2ccccc2)c2ccccc2)nnc1C(F)(F)F. The summed E-state index contributed by atoms with van der Waals surface area (Å²) < 4.78 is 39.7. The number of hydrogen-bond donors (Lipinski definition) is 0. The third-order valence-electron chi connectivity index (χ3n) is 3.71. The average Bonchev–Trinajstić information content (AvgIpc) is 3.01. The van der Waals surface area contributed by atoms with Crippen LogP contribution in [0.15, 0.2) is 65.8 Å². The van der Waals surface area contributed by atoms with E-state index in [4.69, 9.17) is 0 Å². The lowest BCUT2D eigenvalue weighted by atomic mass is 10.0. The highest BCUT2D eigenvalue weighted by atomic mass is 32.2. The van der Waals surface area contributed by atoms with Crippen LogP contribution < -0.4 is 0 Å². The normalized spacial score (nSPS) is 12.8. The predicted octanol–water partition coefficient (Wildman–Crippen LogP) is 4.55. The quantitative estimate of drug-likeness (QED) is 0.483. The van der Waals surface area contributed by atoms with Gasteiger partial charge >= 0.3 is 6.18 Å². The van der Waals surface area contributed by atoms with E-state index in [1.165, 1.54) is 7.05 Å². The first-order chi connectivity index (χ1) is 12.4. The Hall–Kier alpha value is -2.61. The minimum atomic E-state index is -4.60. The number of thioether (sulfide) groups is 1. The molecule has 0 bridgehead atoms. The molecule has 3 rings (SSSR count). The Morgan fingerprint density at radius 1 is 1.00 bits per heavy atom. The van der Waals surface area contributed by atoms with Crippen LogP contribution in [0.2, 0.25) is 0 Å². The zero-order valence-corrected chi connectivity index (χ0v) is 14.5. The lowest BCUT2D eigenvalue weighted by Gasteiger charge is -2.16. The molecule has 1 aromatic heterocycles. The van der Waals surface area contributed by atoms with Crippen molar-refractivity contribution < 1.29 is 18.0 Å². The Bertz CT molecular complexity index is 895. The van der Waals surface area contributed by atoms with Gasteiger partial charge in [-0.2, -0.15) is 13.2 Å². The molecule has 0 unspecified atom stereocenters. The highest BCUT2D eigenvalue weighted by molar-refractivity contribution is 8.00. The molecule has 3 aromatic rings. The largest absolute Gasteiger partial charge is 0.451 e. The van der Waals surface area contributed by atoms with Crippen LogP contribution in [0.3, 0.4) is 0 Å². The van der Waals surface area contributed by atoms with Gasteiger partial charge in [0, 0.05) is 12.6 Å². The molecule has 0 saturated carbocycles. The van der Waals surface area contributed by atoms with Gasteiger partial charge in [-0.05, 0) is 5.56 Å². The van der Waals surface area contributed by atoms with E-state index in [9.17, 15) is 18.0 Å². The molecule has 1 heterocycles. The van der Waals surface area contributed by atoms with Gasteiger partial charge in [-0.3, -0.25) is 4.79 Å². The minimum absolute atomic E-state index is 0.0236. The third kappa shape index (κ3) is 3.80. The number of aromatic nitrogens is 3. The number of halogens is 3. The van der Waals surface area contributed by atoms with E-state index < -0.39 is 17.3 Å². The van der Waals surface area contributed by atoms with E-state index in [1.54, 1.807) is 54.6 Å². The van der Waals surface area contributed by atoms with Crippen molar-refractivity contribution in [1.29, 1.82) is 0 Å². The summed E-state index contributed by atoms with van der Waals surface area (Å²) in [5.41, 5.74) is 1.16. The van der Waals surface area contributed by atoms with Crippen LogP contribution in [-0.2, 0) is 13.2 Å². The third-order valence-corrected chi connectivity index (χ3v) is 5.00. The number of alkyl halides is 3. The van der Waals surface area contributed by atoms with Crippen LogP contribution in [0.1, 0.15) is 27.0 Å². The summed E-state index contributed by atoms with van der Waals surface area (Å²) >= 11 is 0.948. The second-order valence-corrected chi connectivity index (χ2v) is 6.57. The Morgan fingerprint density at radius 2 is 1.58 bits per heavy atom. The molecule has 26 heavy (non-hydrogen) atoms. The van der Waals surface area contributed by atoms with Crippen molar-refractivity contribution >= 4 is 17.5 Å². The molecule has 0 aliphatic carbocycles. The van der Waals surface area contributed by atoms with Gasteiger partial charge in [0.15, 0.2) is 10.9 Å². The van der Waals surface area contributed by atoms with Crippen molar-refractivity contribution in [2.75, 3.05) is 0 Å². The number of nitrogens with zero attached hydrogens (tertiary/aromatic N) is 3. The van der Waals surface area contributed by atoms with Crippen molar-refractivity contribution in [3.05, 3.63) is 77.6 Å². The molecular formula is C18H14F3N3OS. The second kappa shape index (κ2) is 7.33. The average molecular weight is 377 g/mol. The molecule has 4 nitrogen and oxygen atoms in total. The molecule has 0 aliphatic heterocycles. The van der Waals surface area contributed by atoms with Crippen LogP contribution in [0.5, 0.6) is 0 Å². The topological polar surface area (TPSA) is 47.8 Å². The standard InChI is InChI=1S/C18H14F3N3OS/c1-24-16(18(19,20)21)22-23-17(24)26-15(13-10-6-3-7-11-13)14(25)12-8-4-2-5-9-12/h2-11,15H,1H3/t15-/m1/s1. The first kappa shape index (κ1) is 18.2.